The summed E-state index contributed by atoms with van der Waals surface area (Å²) in [6, 6.07) is 3.92. The van der Waals surface area contributed by atoms with Crippen molar-refractivity contribution in [1.82, 2.24) is 19.8 Å². The van der Waals surface area contributed by atoms with Crippen molar-refractivity contribution in [1.29, 1.82) is 0 Å². The van der Waals surface area contributed by atoms with Crippen molar-refractivity contribution >= 4 is 17.4 Å². The van der Waals surface area contributed by atoms with Crippen LogP contribution < -0.4 is 4.90 Å². The minimum atomic E-state index is -0.129. The molecule has 2 atom stereocenters. The third-order valence-electron chi connectivity index (χ3n) is 4.65. The molecule has 130 valence electrons. The second-order valence-electron chi connectivity index (χ2n) is 7.58. The zero-order chi connectivity index (χ0) is 17.5. The van der Waals surface area contributed by atoms with Crippen molar-refractivity contribution in [3.63, 3.8) is 0 Å². The van der Waals surface area contributed by atoms with Gasteiger partial charge < -0.3 is 9.64 Å². The minimum absolute atomic E-state index is 0.0324. The molecule has 1 aliphatic heterocycles. The van der Waals surface area contributed by atoms with E-state index in [0.717, 1.165) is 36.8 Å². The van der Waals surface area contributed by atoms with Gasteiger partial charge in [-0.25, -0.2) is 0 Å². The van der Waals surface area contributed by atoms with Gasteiger partial charge in [0.1, 0.15) is 5.82 Å². The predicted octanol–water partition coefficient (Wildman–Crippen LogP) is 2.06. The lowest BCUT2D eigenvalue weighted by molar-refractivity contribution is -0.147. The highest BCUT2D eigenvalue weighted by atomic mass is 16.5. The normalized spacial score (nSPS) is 22.0. The Balaban J connectivity index is 1.87. The molecule has 7 heteroatoms. The van der Waals surface area contributed by atoms with Gasteiger partial charge >= 0.3 is 5.97 Å². The first kappa shape index (κ1) is 16.7. The molecule has 0 amide bonds. The van der Waals surface area contributed by atoms with E-state index in [1.165, 1.54) is 7.11 Å². The molecule has 3 heterocycles. The Labute approximate surface area is 142 Å². The number of ether oxygens (including phenoxy) is 1. The summed E-state index contributed by atoms with van der Waals surface area (Å²) in [5, 5.41) is 13.2. The van der Waals surface area contributed by atoms with Crippen molar-refractivity contribution in [2.45, 2.75) is 39.5 Å². The fourth-order valence-electron chi connectivity index (χ4n) is 3.27. The van der Waals surface area contributed by atoms with Crippen LogP contribution in [0.4, 0.5) is 5.82 Å². The van der Waals surface area contributed by atoms with Gasteiger partial charge in [-0.1, -0.05) is 27.7 Å². The largest absolute Gasteiger partial charge is 0.469 e. The van der Waals surface area contributed by atoms with Crippen LogP contribution in [0.1, 0.15) is 39.9 Å². The van der Waals surface area contributed by atoms with Gasteiger partial charge in [0.05, 0.1) is 13.0 Å². The summed E-state index contributed by atoms with van der Waals surface area (Å²) >= 11 is 0. The van der Waals surface area contributed by atoms with Gasteiger partial charge in [-0.2, -0.15) is 4.52 Å². The summed E-state index contributed by atoms with van der Waals surface area (Å²) in [5.74, 6) is 1.82. The van der Waals surface area contributed by atoms with E-state index in [2.05, 4.69) is 42.8 Å². The van der Waals surface area contributed by atoms with Crippen LogP contribution in [0.25, 0.3) is 5.65 Å². The SMILES string of the molecule is COC(=O)C1CCN(c2ccc3nnc(C(C)(C)C)n3n2)CC1C. The van der Waals surface area contributed by atoms with Gasteiger partial charge in [-0.15, -0.1) is 15.3 Å². The van der Waals surface area contributed by atoms with Gasteiger partial charge in [-0.3, -0.25) is 4.79 Å². The zero-order valence-corrected chi connectivity index (χ0v) is 15.0. The first-order valence-electron chi connectivity index (χ1n) is 8.37. The van der Waals surface area contributed by atoms with Crippen molar-refractivity contribution < 1.29 is 9.53 Å². The number of esters is 1. The Morgan fingerprint density at radius 2 is 2.04 bits per heavy atom. The molecule has 0 spiro atoms. The van der Waals surface area contributed by atoms with Crippen LogP contribution in [-0.2, 0) is 14.9 Å². The number of piperidine rings is 1. The molecule has 24 heavy (non-hydrogen) atoms. The summed E-state index contributed by atoms with van der Waals surface area (Å²) in [5.41, 5.74) is 0.622. The molecular formula is C17H25N5O2. The van der Waals surface area contributed by atoms with E-state index in [9.17, 15) is 4.79 Å². The number of nitrogens with zero attached hydrogens (tertiary/aromatic N) is 5. The summed E-state index contributed by atoms with van der Waals surface area (Å²) in [6.07, 6.45) is 0.780. The molecule has 0 aromatic carbocycles. The molecule has 2 unspecified atom stereocenters. The number of fused-ring (bicyclic) bond motifs is 1. The van der Waals surface area contributed by atoms with E-state index < -0.39 is 0 Å². The maximum Gasteiger partial charge on any atom is 0.309 e. The van der Waals surface area contributed by atoms with Gasteiger partial charge in [0, 0.05) is 18.5 Å². The maximum atomic E-state index is 11.8. The van der Waals surface area contributed by atoms with Crippen molar-refractivity contribution in [2.24, 2.45) is 11.8 Å². The number of hydrogen-bond donors (Lipinski definition) is 0. The van der Waals surface area contributed by atoms with Crippen molar-refractivity contribution in [3.05, 3.63) is 18.0 Å². The topological polar surface area (TPSA) is 72.6 Å². The first-order chi connectivity index (χ1) is 11.3. The third-order valence-corrected chi connectivity index (χ3v) is 4.65. The minimum Gasteiger partial charge on any atom is -0.469 e. The van der Waals surface area contributed by atoms with Gasteiger partial charge in [0.2, 0.25) is 0 Å². The smallest absolute Gasteiger partial charge is 0.309 e. The average Bonchev–Trinajstić information content (AvgIpc) is 2.97. The zero-order valence-electron chi connectivity index (χ0n) is 15.0. The molecule has 2 aromatic rings. The lowest BCUT2D eigenvalue weighted by atomic mass is 9.87. The lowest BCUT2D eigenvalue weighted by Crippen LogP contribution is -2.43. The number of methoxy groups -OCH3 is 1. The standard InChI is InChI=1S/C17H25N5O2/c1-11-10-21(9-8-12(11)15(23)24-5)14-7-6-13-18-19-16(17(2,3)4)22(13)20-14/h6-7,11-12H,8-10H2,1-5H3. The number of carbonyl (C=O) groups excluding carboxylic acids is 1. The Kier molecular flexibility index (Phi) is 4.19. The number of anilines is 1. The fraction of sp³-hybridized carbons (Fsp3) is 0.647. The highest BCUT2D eigenvalue weighted by Gasteiger charge is 2.33. The van der Waals surface area contributed by atoms with E-state index in [1.807, 2.05) is 16.6 Å². The van der Waals surface area contributed by atoms with E-state index in [-0.39, 0.29) is 23.2 Å². The number of hydrogen-bond acceptors (Lipinski definition) is 6. The first-order valence-corrected chi connectivity index (χ1v) is 8.37. The molecule has 0 saturated carbocycles. The second kappa shape index (κ2) is 6.03. The molecule has 2 aromatic heterocycles. The van der Waals surface area contributed by atoms with Crippen LogP contribution in [0.2, 0.25) is 0 Å². The number of carbonyl (C=O) groups is 1. The quantitative estimate of drug-likeness (QED) is 0.784. The van der Waals surface area contributed by atoms with Crippen LogP contribution in [0.15, 0.2) is 12.1 Å². The molecule has 0 radical (unpaired) electrons. The Hall–Kier alpha value is -2.18. The fourth-order valence-corrected chi connectivity index (χ4v) is 3.27. The highest BCUT2D eigenvalue weighted by molar-refractivity contribution is 5.73. The molecular weight excluding hydrogens is 306 g/mol. The lowest BCUT2D eigenvalue weighted by Gasteiger charge is -2.36. The van der Waals surface area contributed by atoms with E-state index in [4.69, 9.17) is 9.84 Å². The summed E-state index contributed by atoms with van der Waals surface area (Å²) < 4.78 is 6.73. The second-order valence-corrected chi connectivity index (χ2v) is 7.58. The van der Waals surface area contributed by atoms with Crippen molar-refractivity contribution in [2.75, 3.05) is 25.1 Å². The monoisotopic (exact) mass is 331 g/mol. The molecule has 1 saturated heterocycles. The third kappa shape index (κ3) is 2.95. The molecule has 0 bridgehead atoms. The van der Waals surface area contributed by atoms with Crippen LogP contribution in [0.3, 0.4) is 0 Å². The molecule has 0 N–H and O–H groups in total. The average molecular weight is 331 g/mol. The van der Waals surface area contributed by atoms with Gasteiger partial charge in [0.25, 0.3) is 0 Å². The van der Waals surface area contributed by atoms with E-state index in [0.29, 0.717) is 0 Å². The molecule has 0 aliphatic carbocycles. The Morgan fingerprint density at radius 3 is 2.67 bits per heavy atom. The number of aromatic nitrogens is 4. The number of rotatable bonds is 2. The molecule has 3 rings (SSSR count). The van der Waals surface area contributed by atoms with Gasteiger partial charge in [-0.05, 0) is 24.5 Å². The molecule has 1 aliphatic rings. The van der Waals surface area contributed by atoms with Crippen LogP contribution in [0, 0.1) is 11.8 Å². The Morgan fingerprint density at radius 1 is 1.29 bits per heavy atom. The van der Waals surface area contributed by atoms with Gasteiger partial charge in [0.15, 0.2) is 11.5 Å². The van der Waals surface area contributed by atoms with Crippen LogP contribution >= 0.6 is 0 Å². The molecule has 1 fully saturated rings. The molecule has 7 nitrogen and oxygen atoms in total. The maximum absolute atomic E-state index is 11.8. The van der Waals surface area contributed by atoms with E-state index >= 15 is 0 Å². The van der Waals surface area contributed by atoms with Crippen LogP contribution in [-0.4, -0.2) is 46.0 Å². The van der Waals surface area contributed by atoms with E-state index in [1.54, 1.807) is 0 Å². The predicted molar refractivity (Wildman–Crippen MR) is 91.0 cm³/mol. The summed E-state index contributed by atoms with van der Waals surface area (Å²) in [6.45, 7) is 9.96. The Bertz CT molecular complexity index is 749. The van der Waals surface area contributed by atoms with Crippen LogP contribution in [0.5, 0.6) is 0 Å². The summed E-state index contributed by atoms with van der Waals surface area (Å²) in [7, 11) is 1.46. The van der Waals surface area contributed by atoms with Crippen molar-refractivity contribution in [3.8, 4) is 0 Å². The summed E-state index contributed by atoms with van der Waals surface area (Å²) in [4.78, 5) is 14.1. The highest BCUT2D eigenvalue weighted by Crippen LogP contribution is 2.28.